The van der Waals surface area contributed by atoms with Crippen LogP contribution in [0.5, 0.6) is 0 Å². The number of para-hydroxylation sites is 1. The average molecular weight is 714 g/mol. The van der Waals surface area contributed by atoms with E-state index in [4.69, 9.17) is 21.3 Å². The minimum absolute atomic E-state index is 0.0876. The van der Waals surface area contributed by atoms with Crippen LogP contribution in [-0.4, -0.2) is 5.84 Å². The molecule has 0 radical (unpaired) electrons. The summed E-state index contributed by atoms with van der Waals surface area (Å²) in [5.41, 5.74) is 25.7. The second-order valence-electron chi connectivity index (χ2n) is 13.4. The highest BCUT2D eigenvalue weighted by Crippen LogP contribution is 2.33. The highest BCUT2D eigenvalue weighted by atomic mass is 16.3. The first kappa shape index (κ1) is 36.4. The Labute approximate surface area is 322 Å². The predicted octanol–water partition coefficient (Wildman–Crippen LogP) is 12.7. The van der Waals surface area contributed by atoms with Crippen LogP contribution in [0.25, 0.3) is 66.4 Å². The summed E-state index contributed by atoms with van der Waals surface area (Å²) >= 11 is 0. The third-order valence-corrected chi connectivity index (χ3v) is 9.51. The summed E-state index contributed by atoms with van der Waals surface area (Å²) in [6.07, 6.45) is 0. The van der Waals surface area contributed by atoms with Crippen molar-refractivity contribution in [3.05, 3.63) is 217 Å². The molecule has 1 heterocycles. The van der Waals surface area contributed by atoms with Gasteiger partial charge in [0.2, 0.25) is 0 Å². The van der Waals surface area contributed by atoms with E-state index in [1.54, 1.807) is 0 Å². The zero-order chi connectivity index (χ0) is 38.0. The summed E-state index contributed by atoms with van der Waals surface area (Å²) in [4.78, 5) is 0. The van der Waals surface area contributed by atoms with E-state index in [1.165, 1.54) is 55.3 Å². The van der Waals surface area contributed by atoms with Gasteiger partial charge in [-0.2, -0.15) is 0 Å². The van der Waals surface area contributed by atoms with Crippen molar-refractivity contribution < 1.29 is 4.42 Å². The van der Waals surface area contributed by atoms with Gasteiger partial charge in [0.15, 0.2) is 0 Å². The van der Waals surface area contributed by atoms with E-state index in [1.807, 2.05) is 72.8 Å². The number of benzene rings is 8. The molecule has 9 aromatic rings. The molecule has 0 aliphatic heterocycles. The van der Waals surface area contributed by atoms with Crippen molar-refractivity contribution in [2.75, 3.05) is 0 Å². The van der Waals surface area contributed by atoms with Crippen molar-refractivity contribution in [3.63, 3.8) is 0 Å². The third-order valence-electron chi connectivity index (χ3n) is 9.51. The Bertz CT molecular complexity index is 2570. The van der Waals surface area contributed by atoms with Crippen LogP contribution in [0.4, 0.5) is 0 Å². The van der Waals surface area contributed by atoms with Crippen LogP contribution in [0.15, 0.2) is 205 Å². The molecule has 5 N–H and O–H groups in total. The van der Waals surface area contributed by atoms with Crippen molar-refractivity contribution in [1.29, 1.82) is 5.41 Å². The van der Waals surface area contributed by atoms with E-state index in [0.717, 1.165) is 27.9 Å². The van der Waals surface area contributed by atoms with Gasteiger partial charge < -0.3 is 15.9 Å². The normalized spacial score (nSPS) is 10.6. The Hall–Kier alpha value is -7.01. The van der Waals surface area contributed by atoms with Crippen LogP contribution in [0, 0.1) is 12.3 Å². The summed E-state index contributed by atoms with van der Waals surface area (Å²) in [5.74, 6) is 0.0876. The summed E-state index contributed by atoms with van der Waals surface area (Å²) in [6.45, 7) is 2.68. The number of rotatable bonds is 6. The van der Waals surface area contributed by atoms with E-state index >= 15 is 0 Å². The van der Waals surface area contributed by atoms with E-state index < -0.39 is 0 Å². The van der Waals surface area contributed by atoms with Crippen molar-refractivity contribution in [2.45, 2.75) is 13.5 Å². The fourth-order valence-corrected chi connectivity index (χ4v) is 6.53. The van der Waals surface area contributed by atoms with Gasteiger partial charge in [0, 0.05) is 22.9 Å². The molecular weight excluding hydrogens is 671 g/mol. The number of amidine groups is 1. The molecule has 0 atom stereocenters. The lowest BCUT2D eigenvalue weighted by Crippen LogP contribution is -2.10. The van der Waals surface area contributed by atoms with Crippen molar-refractivity contribution in [2.24, 2.45) is 11.5 Å². The molecule has 0 unspecified atom stereocenters. The average Bonchev–Trinajstić information content (AvgIpc) is 3.62. The van der Waals surface area contributed by atoms with Crippen molar-refractivity contribution in [1.82, 2.24) is 0 Å². The molecule has 9 rings (SSSR count). The highest BCUT2D eigenvalue weighted by Gasteiger charge is 2.08. The Morgan fingerprint density at radius 3 is 1.36 bits per heavy atom. The van der Waals surface area contributed by atoms with Crippen molar-refractivity contribution >= 4 is 27.8 Å². The van der Waals surface area contributed by atoms with Gasteiger partial charge in [-0.15, -0.1) is 0 Å². The number of nitrogens with one attached hydrogen (secondary N) is 1. The molecule has 0 amide bonds. The maximum absolute atomic E-state index is 7.58. The summed E-state index contributed by atoms with van der Waals surface area (Å²) in [7, 11) is 0. The van der Waals surface area contributed by atoms with Gasteiger partial charge in [-0.3, -0.25) is 5.41 Å². The molecule has 1 aromatic heterocycles. The van der Waals surface area contributed by atoms with Gasteiger partial charge in [-0.25, -0.2) is 0 Å². The van der Waals surface area contributed by atoms with E-state index in [0.29, 0.717) is 6.54 Å². The van der Waals surface area contributed by atoms with Gasteiger partial charge in [0.1, 0.15) is 17.0 Å². The molecule has 0 bridgehead atoms. The number of nitrogens with two attached hydrogens (primary N) is 2. The van der Waals surface area contributed by atoms with E-state index in [2.05, 4.69) is 134 Å². The SMILES string of the molecule is Cc1ccc2c(c1)oc1ccccc12.N=C(N)c1ccc(-c2cc(-c3ccccc3)cc(-c3ccccc3)c2)cc1.NCc1ccc(-c2ccccc2)cc1. The zero-order valence-electron chi connectivity index (χ0n) is 30.8. The quantitative estimate of drug-likeness (QED) is 0.118. The first-order chi connectivity index (χ1) is 26.9. The monoisotopic (exact) mass is 713 g/mol. The van der Waals surface area contributed by atoms with Gasteiger partial charge in [-0.05, 0) is 92.9 Å². The second-order valence-corrected chi connectivity index (χ2v) is 13.4. The van der Waals surface area contributed by atoms with E-state index in [9.17, 15) is 0 Å². The third kappa shape index (κ3) is 8.97. The number of nitrogen functional groups attached to an aromatic ring is 1. The number of hydrogen-bond acceptors (Lipinski definition) is 3. The summed E-state index contributed by atoms with van der Waals surface area (Å²) < 4.78 is 5.73. The van der Waals surface area contributed by atoms with Gasteiger partial charge in [0.05, 0.1) is 0 Å². The molecule has 0 fully saturated rings. The minimum atomic E-state index is 0.0876. The molecule has 4 heteroatoms. The molecule has 8 aromatic carbocycles. The van der Waals surface area contributed by atoms with Crippen LogP contribution in [0.1, 0.15) is 16.7 Å². The lowest BCUT2D eigenvalue weighted by atomic mass is 9.93. The molecule has 0 saturated heterocycles. The fraction of sp³-hybridized carbons (Fsp3) is 0.0392. The van der Waals surface area contributed by atoms with Crippen LogP contribution in [0.2, 0.25) is 0 Å². The first-order valence-electron chi connectivity index (χ1n) is 18.4. The van der Waals surface area contributed by atoms with E-state index in [-0.39, 0.29) is 5.84 Å². The molecule has 55 heavy (non-hydrogen) atoms. The Morgan fingerprint density at radius 2 is 0.855 bits per heavy atom. The van der Waals surface area contributed by atoms with Crippen LogP contribution < -0.4 is 11.5 Å². The number of aryl methyl sites for hydroxylation is 1. The van der Waals surface area contributed by atoms with Crippen LogP contribution in [0.3, 0.4) is 0 Å². The van der Waals surface area contributed by atoms with Crippen LogP contribution in [-0.2, 0) is 6.54 Å². The molecule has 0 aliphatic rings. The molecule has 0 saturated carbocycles. The smallest absolute Gasteiger partial charge is 0.135 e. The molecule has 268 valence electrons. The highest BCUT2D eigenvalue weighted by molar-refractivity contribution is 6.04. The number of fused-ring (bicyclic) bond motifs is 3. The minimum Gasteiger partial charge on any atom is -0.456 e. The maximum atomic E-state index is 7.58. The molecular formula is C51H43N3O. The van der Waals surface area contributed by atoms with Gasteiger partial charge in [-0.1, -0.05) is 170 Å². The molecule has 0 aliphatic carbocycles. The van der Waals surface area contributed by atoms with Crippen LogP contribution >= 0.6 is 0 Å². The lowest BCUT2D eigenvalue weighted by molar-refractivity contribution is 0.668. The zero-order valence-corrected chi connectivity index (χ0v) is 30.8. The molecule has 0 spiro atoms. The van der Waals surface area contributed by atoms with Crippen molar-refractivity contribution in [3.8, 4) is 44.5 Å². The molecule has 4 nitrogen and oxygen atoms in total. The maximum Gasteiger partial charge on any atom is 0.135 e. The van der Waals surface area contributed by atoms with Gasteiger partial charge >= 0.3 is 0 Å². The Morgan fingerprint density at radius 1 is 0.436 bits per heavy atom. The largest absolute Gasteiger partial charge is 0.456 e. The Kier molecular flexibility index (Phi) is 11.4. The second kappa shape index (κ2) is 17.2. The number of hydrogen-bond donors (Lipinski definition) is 3. The summed E-state index contributed by atoms with van der Waals surface area (Å²) in [5, 5.41) is 9.98. The lowest BCUT2D eigenvalue weighted by Gasteiger charge is -2.11. The summed E-state index contributed by atoms with van der Waals surface area (Å²) in [6, 6.07) is 68.5. The predicted molar refractivity (Wildman–Crippen MR) is 232 cm³/mol. The first-order valence-corrected chi connectivity index (χ1v) is 18.4. The topological polar surface area (TPSA) is 89.0 Å². The Balaban J connectivity index is 0.000000139. The van der Waals surface area contributed by atoms with Gasteiger partial charge in [0.25, 0.3) is 0 Å². The number of furan rings is 1. The fourth-order valence-electron chi connectivity index (χ4n) is 6.53. The standard InChI is InChI=1S/C25H20N2.C13H13N.C13H10O/c26-25(27)21-13-11-20(12-14-21)24-16-22(18-7-3-1-4-8-18)15-23(17-24)19-9-5-2-6-10-19;14-10-11-6-8-13(9-7-11)12-4-2-1-3-5-12;1-9-6-7-11-10-4-2-3-5-12(10)14-13(11)8-9/h1-17H,(H3,26,27);1-9H,10,14H2;2-8H,1H3.